The van der Waals surface area contributed by atoms with Crippen molar-refractivity contribution in [3.63, 3.8) is 0 Å². The summed E-state index contributed by atoms with van der Waals surface area (Å²) in [5.74, 6) is 0. The molecule has 2 nitrogen and oxygen atoms in total. The first-order valence-electron chi connectivity index (χ1n) is 8.81. The van der Waals surface area contributed by atoms with Gasteiger partial charge in [-0.05, 0) is 0 Å². The molecule has 146 valence electrons. The summed E-state index contributed by atoms with van der Waals surface area (Å²) >= 11 is -0.662. The summed E-state index contributed by atoms with van der Waals surface area (Å²) in [6.45, 7) is 1.94. The van der Waals surface area contributed by atoms with Gasteiger partial charge in [0.25, 0.3) is 0 Å². The van der Waals surface area contributed by atoms with Gasteiger partial charge in [0.15, 0.2) is 0 Å². The van der Waals surface area contributed by atoms with Crippen molar-refractivity contribution in [2.45, 2.75) is 13.1 Å². The van der Waals surface area contributed by atoms with Crippen LogP contribution in [-0.4, -0.2) is 15.0 Å². The van der Waals surface area contributed by atoms with E-state index in [2.05, 4.69) is 0 Å². The fourth-order valence-electron chi connectivity index (χ4n) is 3.14. The summed E-state index contributed by atoms with van der Waals surface area (Å²) in [4.78, 5) is 12.8. The molecular formula is C23H15F3O2Se. The van der Waals surface area contributed by atoms with E-state index < -0.39 is 32.3 Å². The molecule has 0 saturated carbocycles. The van der Waals surface area contributed by atoms with Gasteiger partial charge in [0, 0.05) is 0 Å². The van der Waals surface area contributed by atoms with Gasteiger partial charge in [-0.15, -0.1) is 0 Å². The van der Waals surface area contributed by atoms with E-state index in [0.29, 0.717) is 14.5 Å². The third-order valence-corrected chi connectivity index (χ3v) is 6.70. The van der Waals surface area contributed by atoms with E-state index in [-0.39, 0.29) is 0 Å². The molecule has 0 aliphatic rings. The number of aryl methyl sites for hydroxylation is 1. The quantitative estimate of drug-likeness (QED) is 0.335. The molecule has 0 spiro atoms. The Morgan fingerprint density at radius 1 is 0.897 bits per heavy atom. The molecule has 1 aromatic heterocycles. The molecule has 0 saturated heterocycles. The fraction of sp³-hybridized carbons (Fsp3) is 0.0870. The Bertz CT molecular complexity index is 1240. The number of hydrogen-bond acceptors (Lipinski definition) is 2. The average Bonchev–Trinajstić information content (AvgIpc) is 2.69. The van der Waals surface area contributed by atoms with E-state index >= 15 is 0 Å². The minimum atomic E-state index is -4.43. The van der Waals surface area contributed by atoms with Crippen molar-refractivity contribution in [2.75, 3.05) is 0 Å². The van der Waals surface area contributed by atoms with E-state index in [9.17, 15) is 18.0 Å². The minimum absolute atomic E-state index is 0.404. The Morgan fingerprint density at radius 3 is 2.38 bits per heavy atom. The van der Waals surface area contributed by atoms with Crippen molar-refractivity contribution >= 4 is 34.8 Å². The van der Waals surface area contributed by atoms with Gasteiger partial charge in [0.1, 0.15) is 0 Å². The number of hydrogen-bond donors (Lipinski definition) is 0. The maximum absolute atomic E-state index is 13.1. The normalized spacial score (nSPS) is 11.7. The second-order valence-electron chi connectivity index (χ2n) is 6.59. The van der Waals surface area contributed by atoms with Crippen LogP contribution < -0.4 is 14.5 Å². The first-order chi connectivity index (χ1) is 13.8. The molecule has 0 aliphatic carbocycles. The van der Waals surface area contributed by atoms with E-state index in [1.54, 1.807) is 12.1 Å². The Balaban J connectivity index is 1.95. The summed E-state index contributed by atoms with van der Waals surface area (Å²) < 4.78 is 45.7. The summed E-state index contributed by atoms with van der Waals surface area (Å²) in [6.07, 6.45) is -4.43. The molecule has 0 unspecified atom stereocenters. The number of alkyl halides is 3. The Kier molecular flexibility index (Phi) is 5.07. The predicted molar refractivity (Wildman–Crippen MR) is 109 cm³/mol. The molecule has 1 heterocycles. The van der Waals surface area contributed by atoms with Gasteiger partial charge in [0.2, 0.25) is 0 Å². The number of benzene rings is 3. The third-order valence-electron chi connectivity index (χ3n) is 4.46. The molecule has 0 fully saturated rings. The van der Waals surface area contributed by atoms with Crippen LogP contribution >= 0.6 is 0 Å². The van der Waals surface area contributed by atoms with Gasteiger partial charge in [-0.1, -0.05) is 0 Å². The van der Waals surface area contributed by atoms with Gasteiger partial charge < -0.3 is 0 Å². The SMILES string of the molecule is Cc1ccc2oc(=O)c([Se]c3cccc(C(F)(F)F)c3)c(-c3ccccc3)c2c1. The fourth-order valence-corrected chi connectivity index (χ4v) is 5.28. The first kappa shape index (κ1) is 19.5. The van der Waals surface area contributed by atoms with Crippen molar-refractivity contribution in [3.05, 3.63) is 94.3 Å². The van der Waals surface area contributed by atoms with Crippen LogP contribution in [0.5, 0.6) is 0 Å². The summed E-state index contributed by atoms with van der Waals surface area (Å²) in [6, 6.07) is 20.1. The van der Waals surface area contributed by atoms with E-state index in [4.69, 9.17) is 4.42 Å². The summed E-state index contributed by atoms with van der Waals surface area (Å²) in [7, 11) is 0. The van der Waals surface area contributed by atoms with Gasteiger partial charge >= 0.3 is 171 Å². The Morgan fingerprint density at radius 2 is 1.66 bits per heavy atom. The zero-order chi connectivity index (χ0) is 20.6. The molecule has 4 aromatic rings. The van der Waals surface area contributed by atoms with Crippen LogP contribution in [0.4, 0.5) is 13.2 Å². The molecule has 3 aromatic carbocycles. The predicted octanol–water partition coefficient (Wildman–Crippen LogP) is 4.44. The standard InChI is InChI=1S/C23H15F3O2Se/c1-14-10-11-19-18(12-14)20(15-6-3-2-4-7-15)21(22(27)28-19)29-17-9-5-8-16(13-17)23(24,25)26/h2-13H,1H3. The molecule has 0 bridgehead atoms. The molecule has 0 radical (unpaired) electrons. The van der Waals surface area contributed by atoms with E-state index in [1.165, 1.54) is 6.07 Å². The second kappa shape index (κ2) is 7.54. The van der Waals surface area contributed by atoms with Crippen LogP contribution in [0.3, 0.4) is 0 Å². The van der Waals surface area contributed by atoms with Crippen LogP contribution in [0, 0.1) is 6.92 Å². The zero-order valence-corrected chi connectivity index (χ0v) is 17.0. The third kappa shape index (κ3) is 4.00. The van der Waals surface area contributed by atoms with Crippen LogP contribution in [-0.2, 0) is 6.18 Å². The van der Waals surface area contributed by atoms with Crippen LogP contribution in [0.1, 0.15) is 11.1 Å². The average molecular weight is 459 g/mol. The van der Waals surface area contributed by atoms with Gasteiger partial charge in [-0.3, -0.25) is 0 Å². The molecule has 6 heteroatoms. The number of rotatable bonds is 3. The monoisotopic (exact) mass is 460 g/mol. The molecule has 0 aliphatic heterocycles. The maximum atomic E-state index is 13.1. The molecule has 0 atom stereocenters. The van der Waals surface area contributed by atoms with Crippen molar-refractivity contribution in [3.8, 4) is 11.1 Å². The van der Waals surface area contributed by atoms with Crippen molar-refractivity contribution in [2.24, 2.45) is 0 Å². The zero-order valence-electron chi connectivity index (χ0n) is 15.3. The van der Waals surface area contributed by atoms with E-state index in [0.717, 1.165) is 34.2 Å². The topological polar surface area (TPSA) is 30.2 Å². The van der Waals surface area contributed by atoms with Crippen LogP contribution in [0.2, 0.25) is 0 Å². The summed E-state index contributed by atoms with van der Waals surface area (Å²) in [5, 5.41) is 0.777. The first-order valence-corrected chi connectivity index (χ1v) is 10.5. The van der Waals surface area contributed by atoms with Gasteiger partial charge in [-0.25, -0.2) is 0 Å². The van der Waals surface area contributed by atoms with Crippen LogP contribution in [0.15, 0.2) is 82.0 Å². The van der Waals surface area contributed by atoms with Crippen molar-refractivity contribution in [1.82, 2.24) is 0 Å². The molecular weight excluding hydrogens is 444 g/mol. The Hall–Kier alpha value is -2.82. The number of fused-ring (bicyclic) bond motifs is 1. The Labute approximate surface area is 171 Å². The molecule has 29 heavy (non-hydrogen) atoms. The van der Waals surface area contributed by atoms with Gasteiger partial charge in [0.05, 0.1) is 0 Å². The van der Waals surface area contributed by atoms with Gasteiger partial charge in [-0.2, -0.15) is 0 Å². The number of halogens is 3. The van der Waals surface area contributed by atoms with Crippen molar-refractivity contribution < 1.29 is 17.6 Å². The van der Waals surface area contributed by atoms with Crippen molar-refractivity contribution in [1.29, 1.82) is 0 Å². The summed E-state index contributed by atoms with van der Waals surface area (Å²) in [5.41, 5.74) is 1.78. The second-order valence-corrected chi connectivity index (χ2v) is 8.86. The molecule has 0 N–H and O–H groups in total. The molecule has 0 amide bonds. The molecule has 4 rings (SSSR count). The van der Waals surface area contributed by atoms with E-state index in [1.807, 2.05) is 49.4 Å². The van der Waals surface area contributed by atoms with Crippen LogP contribution in [0.25, 0.3) is 22.1 Å².